The van der Waals surface area contributed by atoms with Gasteiger partial charge in [-0.3, -0.25) is 9.59 Å². The van der Waals surface area contributed by atoms with Crippen LogP contribution in [0.5, 0.6) is 0 Å². The van der Waals surface area contributed by atoms with E-state index >= 15 is 0 Å². The number of amides is 2. The minimum atomic E-state index is -0.267. The standard InChI is InChI=1S/C19H21Cl2N3O2/c1-12-7-8-14(9-13(12)2)22-17(25)10-24(3)11-18(26)23-19-15(20)5-4-6-16(19)21/h4-9H,10-11H2,1-3H3,(H,22,25)(H,23,26)/p+1. The van der Waals surface area contributed by atoms with Gasteiger partial charge in [-0.1, -0.05) is 35.3 Å². The fourth-order valence-corrected chi connectivity index (χ4v) is 2.93. The molecule has 0 aliphatic carbocycles. The molecule has 26 heavy (non-hydrogen) atoms. The summed E-state index contributed by atoms with van der Waals surface area (Å²) in [7, 11) is 1.77. The third-order valence-electron chi connectivity index (χ3n) is 3.94. The number of halogens is 2. The molecule has 0 saturated heterocycles. The molecule has 0 saturated carbocycles. The quantitative estimate of drug-likeness (QED) is 0.705. The number of carbonyl (C=O) groups excluding carboxylic acids is 2. The number of anilines is 2. The lowest BCUT2D eigenvalue weighted by Crippen LogP contribution is -3.11. The highest BCUT2D eigenvalue weighted by Crippen LogP contribution is 2.29. The molecule has 0 heterocycles. The van der Waals surface area contributed by atoms with Crippen LogP contribution in [-0.2, 0) is 9.59 Å². The van der Waals surface area contributed by atoms with Crippen molar-refractivity contribution in [1.29, 1.82) is 0 Å². The highest BCUT2D eigenvalue weighted by Gasteiger charge is 2.16. The highest BCUT2D eigenvalue weighted by molar-refractivity contribution is 6.39. The van der Waals surface area contributed by atoms with Crippen molar-refractivity contribution in [2.45, 2.75) is 13.8 Å². The van der Waals surface area contributed by atoms with Crippen molar-refractivity contribution in [3.63, 3.8) is 0 Å². The van der Waals surface area contributed by atoms with Crippen LogP contribution in [0.25, 0.3) is 0 Å². The predicted molar refractivity (Wildman–Crippen MR) is 106 cm³/mol. The van der Waals surface area contributed by atoms with E-state index in [2.05, 4.69) is 10.6 Å². The van der Waals surface area contributed by atoms with Gasteiger partial charge in [0.15, 0.2) is 13.1 Å². The molecule has 5 nitrogen and oxygen atoms in total. The number of aryl methyl sites for hydroxylation is 2. The molecule has 2 aromatic carbocycles. The Morgan fingerprint density at radius 2 is 1.50 bits per heavy atom. The summed E-state index contributed by atoms with van der Waals surface area (Å²) in [5.74, 6) is -0.425. The van der Waals surface area contributed by atoms with Crippen LogP contribution >= 0.6 is 23.2 Å². The van der Waals surface area contributed by atoms with Gasteiger partial charge in [-0.05, 0) is 49.2 Å². The maximum absolute atomic E-state index is 12.2. The first-order valence-corrected chi connectivity index (χ1v) is 8.94. The molecular weight excluding hydrogens is 373 g/mol. The van der Waals surface area contributed by atoms with Gasteiger partial charge in [0.25, 0.3) is 11.8 Å². The van der Waals surface area contributed by atoms with Gasteiger partial charge in [-0.15, -0.1) is 0 Å². The van der Waals surface area contributed by atoms with Crippen molar-refractivity contribution in [2.75, 3.05) is 30.8 Å². The zero-order valence-corrected chi connectivity index (χ0v) is 16.5. The molecule has 7 heteroatoms. The molecule has 0 aromatic heterocycles. The Bertz CT molecular complexity index is 804. The van der Waals surface area contributed by atoms with Crippen molar-refractivity contribution < 1.29 is 14.5 Å². The van der Waals surface area contributed by atoms with Crippen LogP contribution < -0.4 is 15.5 Å². The number of hydrogen-bond acceptors (Lipinski definition) is 2. The first-order chi connectivity index (χ1) is 12.3. The molecule has 0 fully saturated rings. The largest absolute Gasteiger partial charge is 0.322 e. The van der Waals surface area contributed by atoms with Crippen LogP contribution in [0, 0.1) is 13.8 Å². The fourth-order valence-electron chi connectivity index (χ4n) is 2.44. The van der Waals surface area contributed by atoms with E-state index in [1.165, 1.54) is 5.56 Å². The number of quaternary nitrogens is 1. The van der Waals surface area contributed by atoms with Crippen LogP contribution in [-0.4, -0.2) is 32.0 Å². The van der Waals surface area contributed by atoms with Gasteiger partial charge in [0.1, 0.15) is 0 Å². The molecule has 2 aromatic rings. The van der Waals surface area contributed by atoms with Crippen LogP contribution in [0.15, 0.2) is 36.4 Å². The van der Waals surface area contributed by atoms with Crippen molar-refractivity contribution in [3.8, 4) is 0 Å². The summed E-state index contributed by atoms with van der Waals surface area (Å²) >= 11 is 12.1. The summed E-state index contributed by atoms with van der Waals surface area (Å²) in [6.45, 7) is 4.29. The van der Waals surface area contributed by atoms with Crippen molar-refractivity contribution in [2.24, 2.45) is 0 Å². The van der Waals surface area contributed by atoms with E-state index < -0.39 is 0 Å². The lowest BCUT2D eigenvalue weighted by atomic mass is 10.1. The average molecular weight is 395 g/mol. The zero-order chi connectivity index (χ0) is 19.3. The van der Waals surface area contributed by atoms with E-state index in [4.69, 9.17) is 23.2 Å². The van der Waals surface area contributed by atoms with Crippen molar-refractivity contribution in [3.05, 3.63) is 57.6 Å². The summed E-state index contributed by atoms with van der Waals surface area (Å²) in [6.07, 6.45) is 0. The lowest BCUT2D eigenvalue weighted by Gasteiger charge is -2.15. The normalized spacial score (nSPS) is 11.7. The van der Waals surface area contributed by atoms with Crippen LogP contribution in [0.3, 0.4) is 0 Å². The van der Waals surface area contributed by atoms with Gasteiger partial charge in [0, 0.05) is 5.69 Å². The molecular formula is C19H22Cl2N3O2+. The molecule has 2 amide bonds. The molecule has 1 atom stereocenters. The Hall–Kier alpha value is -2.08. The second-order valence-electron chi connectivity index (χ2n) is 6.30. The number of benzene rings is 2. The van der Waals surface area contributed by atoms with E-state index in [9.17, 15) is 9.59 Å². The van der Waals surface area contributed by atoms with Crippen LogP contribution in [0.1, 0.15) is 11.1 Å². The first kappa shape index (κ1) is 20.2. The maximum atomic E-state index is 12.2. The van der Waals surface area contributed by atoms with E-state index in [0.29, 0.717) is 15.7 Å². The molecule has 0 aliphatic rings. The second-order valence-corrected chi connectivity index (χ2v) is 7.12. The predicted octanol–water partition coefficient (Wildman–Crippen LogP) is 2.70. The number of nitrogens with one attached hydrogen (secondary N) is 3. The Labute approximate surface area is 163 Å². The van der Waals surface area contributed by atoms with E-state index in [-0.39, 0.29) is 24.9 Å². The van der Waals surface area contributed by atoms with E-state index in [1.54, 1.807) is 25.2 Å². The van der Waals surface area contributed by atoms with Crippen LogP contribution in [0.4, 0.5) is 11.4 Å². The van der Waals surface area contributed by atoms with Gasteiger partial charge in [0.2, 0.25) is 0 Å². The molecule has 138 valence electrons. The van der Waals surface area contributed by atoms with Gasteiger partial charge in [-0.2, -0.15) is 0 Å². The minimum Gasteiger partial charge on any atom is -0.322 e. The lowest BCUT2D eigenvalue weighted by molar-refractivity contribution is -0.862. The molecule has 3 N–H and O–H groups in total. The number of rotatable bonds is 6. The molecule has 1 unspecified atom stereocenters. The monoisotopic (exact) mass is 394 g/mol. The third kappa shape index (κ3) is 5.73. The smallest absolute Gasteiger partial charge is 0.279 e. The third-order valence-corrected chi connectivity index (χ3v) is 4.57. The van der Waals surface area contributed by atoms with Gasteiger partial charge < -0.3 is 15.5 Å². The SMILES string of the molecule is Cc1ccc(NC(=O)C[NH+](C)CC(=O)Nc2c(Cl)cccc2Cl)cc1C. The second kappa shape index (κ2) is 9.03. The molecule has 0 radical (unpaired) electrons. The molecule has 0 spiro atoms. The highest BCUT2D eigenvalue weighted by atomic mass is 35.5. The Morgan fingerprint density at radius 1 is 0.923 bits per heavy atom. The zero-order valence-electron chi connectivity index (χ0n) is 15.0. The Kier molecular flexibility index (Phi) is 7.03. The topological polar surface area (TPSA) is 62.6 Å². The van der Waals surface area contributed by atoms with E-state index in [0.717, 1.165) is 16.2 Å². The van der Waals surface area contributed by atoms with E-state index in [1.807, 2.05) is 32.0 Å². The Morgan fingerprint density at radius 3 is 2.08 bits per heavy atom. The molecule has 0 bridgehead atoms. The number of carbonyl (C=O) groups is 2. The van der Waals surface area contributed by atoms with Crippen molar-refractivity contribution in [1.82, 2.24) is 0 Å². The minimum absolute atomic E-state index is 0.113. The first-order valence-electron chi connectivity index (χ1n) is 8.18. The number of likely N-dealkylation sites (N-methyl/N-ethyl adjacent to an activating group) is 1. The van der Waals surface area contributed by atoms with Gasteiger partial charge in [0.05, 0.1) is 22.8 Å². The number of para-hydroxylation sites is 1. The van der Waals surface area contributed by atoms with Gasteiger partial charge >= 0.3 is 0 Å². The summed E-state index contributed by atoms with van der Waals surface area (Å²) in [6, 6.07) is 10.8. The summed E-state index contributed by atoms with van der Waals surface area (Å²) in [5.41, 5.74) is 3.41. The molecule has 2 rings (SSSR count). The fraction of sp³-hybridized carbons (Fsp3) is 0.263. The van der Waals surface area contributed by atoms with Crippen LogP contribution in [0.2, 0.25) is 10.0 Å². The van der Waals surface area contributed by atoms with Gasteiger partial charge in [-0.25, -0.2) is 0 Å². The summed E-state index contributed by atoms with van der Waals surface area (Å²) < 4.78 is 0. The average Bonchev–Trinajstić information content (AvgIpc) is 2.54. The van der Waals surface area contributed by atoms with Crippen molar-refractivity contribution >= 4 is 46.4 Å². The number of hydrogen-bond donors (Lipinski definition) is 3. The molecule has 0 aliphatic heterocycles. The summed E-state index contributed by atoms with van der Waals surface area (Å²) in [4.78, 5) is 25.1. The maximum Gasteiger partial charge on any atom is 0.279 e. The Balaban J connectivity index is 1.87. The summed E-state index contributed by atoms with van der Waals surface area (Å²) in [5, 5.41) is 6.28.